The van der Waals surface area contributed by atoms with E-state index in [1.54, 1.807) is 12.1 Å². The highest BCUT2D eigenvalue weighted by Crippen LogP contribution is 2.41. The van der Waals surface area contributed by atoms with Gasteiger partial charge in [-0.05, 0) is 18.2 Å². The third-order valence-corrected chi connectivity index (χ3v) is 7.44. The molecule has 3 rings (SSSR count). The average Bonchev–Trinajstić information content (AvgIpc) is 2.88. The first-order chi connectivity index (χ1) is 11.1. The zero-order chi connectivity index (χ0) is 17.7. The fourth-order valence-corrected chi connectivity index (χ4v) is 6.84. The lowest BCUT2D eigenvalue weighted by Crippen LogP contribution is -2.38. The molecule has 130 valence electrons. The summed E-state index contributed by atoms with van der Waals surface area (Å²) in [5, 5.41) is 1.01. The van der Waals surface area contributed by atoms with Crippen molar-refractivity contribution in [1.29, 1.82) is 0 Å². The maximum absolute atomic E-state index is 12.3. The summed E-state index contributed by atoms with van der Waals surface area (Å²) in [7, 11) is -3.07. The third kappa shape index (κ3) is 3.48. The van der Waals surface area contributed by atoms with Crippen LogP contribution in [0.3, 0.4) is 0 Å². The Bertz CT molecular complexity index is 815. The molecule has 2 aliphatic heterocycles. The number of nitrogens with zero attached hydrogens (tertiary/aromatic N) is 2. The molecular formula is C16H19ClN2O3S2. The van der Waals surface area contributed by atoms with Crippen LogP contribution in [0.5, 0.6) is 0 Å². The number of anilines is 1. The monoisotopic (exact) mass is 386 g/mol. The van der Waals surface area contributed by atoms with Gasteiger partial charge >= 0.3 is 0 Å². The molecule has 0 aliphatic carbocycles. The van der Waals surface area contributed by atoms with Crippen LogP contribution in [0.1, 0.15) is 20.8 Å². The number of benzene rings is 1. The second-order valence-corrected chi connectivity index (χ2v) is 10.9. The quantitative estimate of drug-likeness (QED) is 0.742. The van der Waals surface area contributed by atoms with E-state index in [-0.39, 0.29) is 28.7 Å². The Kier molecular flexibility index (Phi) is 4.47. The van der Waals surface area contributed by atoms with E-state index in [1.807, 2.05) is 37.8 Å². The molecule has 2 fully saturated rings. The SMILES string of the molecule is CC(C)(C)C(=O)N=C1S[C@@H]2CS(=O)(=O)C[C@H]2N1c1cccc(Cl)c1. The van der Waals surface area contributed by atoms with E-state index >= 15 is 0 Å². The predicted molar refractivity (Wildman–Crippen MR) is 99.6 cm³/mol. The molecule has 2 aliphatic rings. The number of sulfone groups is 1. The minimum Gasteiger partial charge on any atom is -0.316 e. The zero-order valence-corrected chi connectivity index (χ0v) is 16.1. The van der Waals surface area contributed by atoms with Crippen molar-refractivity contribution < 1.29 is 13.2 Å². The molecule has 0 bridgehead atoms. The van der Waals surface area contributed by atoms with Crippen LogP contribution in [0.15, 0.2) is 29.3 Å². The van der Waals surface area contributed by atoms with Gasteiger partial charge in [0.1, 0.15) is 0 Å². The Labute approximate surface area is 151 Å². The molecule has 0 radical (unpaired) electrons. The van der Waals surface area contributed by atoms with Gasteiger partial charge in [-0.2, -0.15) is 4.99 Å². The first-order valence-electron chi connectivity index (χ1n) is 7.62. The number of hydrogen-bond acceptors (Lipinski definition) is 4. The van der Waals surface area contributed by atoms with E-state index in [2.05, 4.69) is 4.99 Å². The number of halogens is 1. The molecule has 2 atom stereocenters. The normalized spacial score (nSPS) is 27.5. The molecule has 0 saturated carbocycles. The van der Waals surface area contributed by atoms with E-state index in [0.29, 0.717) is 10.2 Å². The highest BCUT2D eigenvalue weighted by Gasteiger charge is 2.49. The fraction of sp³-hybridized carbons (Fsp3) is 0.500. The van der Waals surface area contributed by atoms with Crippen molar-refractivity contribution in [2.24, 2.45) is 10.4 Å². The summed E-state index contributed by atoms with van der Waals surface area (Å²) < 4.78 is 24.0. The van der Waals surface area contributed by atoms with Crippen LogP contribution >= 0.6 is 23.4 Å². The minimum atomic E-state index is -3.07. The summed E-state index contributed by atoms with van der Waals surface area (Å²) in [4.78, 5) is 18.5. The molecule has 24 heavy (non-hydrogen) atoms. The molecule has 1 amide bonds. The van der Waals surface area contributed by atoms with E-state index in [1.165, 1.54) is 11.8 Å². The number of hydrogen-bond donors (Lipinski definition) is 0. The maximum atomic E-state index is 12.3. The van der Waals surface area contributed by atoms with Crippen molar-refractivity contribution in [3.05, 3.63) is 29.3 Å². The summed E-state index contributed by atoms with van der Waals surface area (Å²) in [5.74, 6) is -0.0398. The van der Waals surface area contributed by atoms with Crippen molar-refractivity contribution in [1.82, 2.24) is 0 Å². The van der Waals surface area contributed by atoms with Gasteiger partial charge < -0.3 is 4.90 Å². The number of carbonyl (C=O) groups excluding carboxylic acids is 1. The number of amidine groups is 1. The van der Waals surface area contributed by atoms with Crippen LogP contribution in [-0.4, -0.2) is 42.3 Å². The number of thioether (sulfide) groups is 1. The van der Waals surface area contributed by atoms with Crippen molar-refractivity contribution in [2.75, 3.05) is 16.4 Å². The van der Waals surface area contributed by atoms with Crippen LogP contribution in [0.2, 0.25) is 5.02 Å². The summed E-state index contributed by atoms with van der Waals surface area (Å²) >= 11 is 7.46. The standard InChI is InChI=1S/C16H19ClN2O3S2/c1-16(2,3)14(20)18-15-19(11-6-4-5-10(17)7-11)12-8-24(21,22)9-13(12)23-15/h4-7,12-13H,8-9H2,1-3H3/t12-,13-/m1/s1. The van der Waals surface area contributed by atoms with Gasteiger partial charge in [0.05, 0.1) is 17.5 Å². The molecular weight excluding hydrogens is 368 g/mol. The van der Waals surface area contributed by atoms with Crippen LogP contribution in [0, 0.1) is 5.41 Å². The Morgan fingerprint density at radius 1 is 1.33 bits per heavy atom. The molecule has 5 nitrogen and oxygen atoms in total. The lowest BCUT2D eigenvalue weighted by atomic mass is 9.96. The number of carbonyl (C=O) groups is 1. The third-order valence-electron chi connectivity index (χ3n) is 3.99. The Morgan fingerprint density at radius 3 is 2.67 bits per heavy atom. The van der Waals surface area contributed by atoms with Crippen molar-refractivity contribution in [3.63, 3.8) is 0 Å². The van der Waals surface area contributed by atoms with Gasteiger partial charge in [0.2, 0.25) is 0 Å². The highest BCUT2D eigenvalue weighted by atomic mass is 35.5. The Balaban J connectivity index is 2.03. The second-order valence-electron chi connectivity index (χ2n) is 7.10. The molecule has 0 N–H and O–H groups in total. The van der Waals surface area contributed by atoms with Crippen molar-refractivity contribution >= 4 is 50.0 Å². The summed E-state index contributed by atoms with van der Waals surface area (Å²) in [5.41, 5.74) is 0.178. The van der Waals surface area contributed by atoms with E-state index < -0.39 is 15.3 Å². The first-order valence-corrected chi connectivity index (χ1v) is 10.7. The summed E-state index contributed by atoms with van der Waals surface area (Å²) in [6.45, 7) is 5.44. The molecule has 0 unspecified atom stereocenters. The largest absolute Gasteiger partial charge is 0.316 e. The molecule has 0 spiro atoms. The molecule has 2 saturated heterocycles. The van der Waals surface area contributed by atoms with E-state index in [0.717, 1.165) is 5.69 Å². The van der Waals surface area contributed by atoms with Gasteiger partial charge in [-0.25, -0.2) is 8.42 Å². The zero-order valence-electron chi connectivity index (χ0n) is 13.7. The smallest absolute Gasteiger partial charge is 0.253 e. The summed E-state index contributed by atoms with van der Waals surface area (Å²) in [6.07, 6.45) is 0. The average molecular weight is 387 g/mol. The number of fused-ring (bicyclic) bond motifs is 1. The summed E-state index contributed by atoms with van der Waals surface area (Å²) in [6, 6.07) is 6.98. The number of amides is 1. The lowest BCUT2D eigenvalue weighted by Gasteiger charge is -2.25. The van der Waals surface area contributed by atoms with E-state index in [9.17, 15) is 13.2 Å². The lowest BCUT2D eigenvalue weighted by molar-refractivity contribution is -0.124. The first kappa shape index (κ1) is 17.8. The maximum Gasteiger partial charge on any atom is 0.253 e. The van der Waals surface area contributed by atoms with Gasteiger partial charge in [0.15, 0.2) is 15.0 Å². The Morgan fingerprint density at radius 2 is 2.04 bits per heavy atom. The molecule has 8 heteroatoms. The van der Waals surface area contributed by atoms with Crippen molar-refractivity contribution in [3.8, 4) is 0 Å². The highest BCUT2D eigenvalue weighted by molar-refractivity contribution is 8.16. The van der Waals surface area contributed by atoms with E-state index in [4.69, 9.17) is 11.6 Å². The van der Waals surface area contributed by atoms with Crippen molar-refractivity contribution in [2.45, 2.75) is 32.1 Å². The van der Waals surface area contributed by atoms with Gasteiger partial charge in [-0.1, -0.05) is 50.2 Å². The topological polar surface area (TPSA) is 66.8 Å². The van der Waals surface area contributed by atoms with Crippen LogP contribution in [-0.2, 0) is 14.6 Å². The van der Waals surface area contributed by atoms with Crippen LogP contribution in [0.4, 0.5) is 5.69 Å². The van der Waals surface area contributed by atoms with Gasteiger partial charge in [-0.15, -0.1) is 0 Å². The number of aliphatic imine (C=N–C) groups is 1. The molecule has 1 aromatic rings. The Hall–Kier alpha value is -1.05. The van der Waals surface area contributed by atoms with Gasteiger partial charge in [-0.3, -0.25) is 4.79 Å². The van der Waals surface area contributed by atoms with Crippen LogP contribution < -0.4 is 4.90 Å². The number of rotatable bonds is 1. The fourth-order valence-electron chi connectivity index (χ4n) is 2.75. The minimum absolute atomic E-state index is 0.0694. The second kappa shape index (κ2) is 6.04. The van der Waals surface area contributed by atoms with Crippen LogP contribution in [0.25, 0.3) is 0 Å². The predicted octanol–water partition coefficient (Wildman–Crippen LogP) is 2.99. The molecule has 1 aromatic carbocycles. The molecule has 0 aromatic heterocycles. The molecule has 2 heterocycles. The van der Waals surface area contributed by atoms with Gasteiger partial charge in [0, 0.05) is 21.4 Å². The van der Waals surface area contributed by atoms with Gasteiger partial charge in [0.25, 0.3) is 5.91 Å².